The maximum absolute atomic E-state index is 14.6. The number of hydrogen-bond acceptors (Lipinski definition) is 4. The van der Waals surface area contributed by atoms with Crippen LogP contribution < -0.4 is 15.4 Å². The van der Waals surface area contributed by atoms with Crippen molar-refractivity contribution in [1.29, 1.82) is 0 Å². The van der Waals surface area contributed by atoms with E-state index < -0.39 is 39.5 Å². The molecule has 0 fully saturated rings. The first kappa shape index (κ1) is 25.0. The van der Waals surface area contributed by atoms with Gasteiger partial charge in [0.05, 0.1) is 10.6 Å². The second-order valence-electron chi connectivity index (χ2n) is 7.35. The molecular formula is C24H23F2N3O4S. The molecule has 0 heterocycles. The lowest BCUT2D eigenvalue weighted by Gasteiger charge is -2.19. The van der Waals surface area contributed by atoms with E-state index >= 15 is 0 Å². The van der Waals surface area contributed by atoms with Crippen LogP contribution >= 0.6 is 0 Å². The van der Waals surface area contributed by atoms with Crippen molar-refractivity contribution >= 4 is 27.5 Å². The van der Waals surface area contributed by atoms with Gasteiger partial charge in [-0.2, -0.15) is 0 Å². The summed E-state index contributed by atoms with van der Waals surface area (Å²) < 4.78 is 54.2. The monoisotopic (exact) mass is 487 g/mol. The van der Waals surface area contributed by atoms with Gasteiger partial charge in [0, 0.05) is 18.5 Å². The maximum Gasteiger partial charge on any atom is 0.251 e. The van der Waals surface area contributed by atoms with Crippen molar-refractivity contribution in [2.45, 2.75) is 24.3 Å². The van der Waals surface area contributed by atoms with E-state index in [1.807, 2.05) is 0 Å². The Bertz CT molecular complexity index is 1270. The average Bonchev–Trinajstić information content (AvgIpc) is 2.81. The van der Waals surface area contributed by atoms with Crippen molar-refractivity contribution in [2.24, 2.45) is 0 Å². The summed E-state index contributed by atoms with van der Waals surface area (Å²) in [5.74, 6) is -2.77. The number of anilines is 1. The molecule has 0 aliphatic rings. The molecule has 0 saturated heterocycles. The summed E-state index contributed by atoms with van der Waals surface area (Å²) in [4.78, 5) is 25.3. The average molecular weight is 488 g/mol. The van der Waals surface area contributed by atoms with Gasteiger partial charge in [-0.25, -0.2) is 21.9 Å². The Morgan fingerprint density at radius 1 is 0.941 bits per heavy atom. The first-order chi connectivity index (χ1) is 16.2. The lowest BCUT2D eigenvalue weighted by molar-refractivity contribution is -0.118. The number of sulfonamides is 1. The number of halogens is 2. The van der Waals surface area contributed by atoms with Crippen LogP contribution in [-0.4, -0.2) is 32.8 Å². The lowest BCUT2D eigenvalue weighted by Crippen LogP contribution is -2.45. The molecule has 3 rings (SSSR count). The summed E-state index contributed by atoms with van der Waals surface area (Å²) in [6.07, 6.45) is 0.105. The SMILES string of the molecule is CCNS(=O)(=O)c1ccc(NC(=O)[C@H](Cc2ccccc2)NC(=O)c2ccc(F)cc2)c(F)c1. The Balaban J connectivity index is 1.82. The first-order valence-corrected chi connectivity index (χ1v) is 11.9. The minimum absolute atomic E-state index is 0.105. The molecule has 0 saturated carbocycles. The predicted octanol–water partition coefficient (Wildman–Crippen LogP) is 3.24. The van der Waals surface area contributed by atoms with Gasteiger partial charge in [0.2, 0.25) is 15.9 Å². The Labute approximate surface area is 196 Å². The number of carbonyl (C=O) groups is 2. The summed E-state index contributed by atoms with van der Waals surface area (Å²) in [6, 6.07) is 15.7. The lowest BCUT2D eigenvalue weighted by atomic mass is 10.0. The summed E-state index contributed by atoms with van der Waals surface area (Å²) in [5, 5.41) is 4.99. The van der Waals surface area contributed by atoms with Crippen molar-refractivity contribution in [3.05, 3.63) is 95.6 Å². The highest BCUT2D eigenvalue weighted by Gasteiger charge is 2.24. The molecule has 1 atom stereocenters. The highest BCUT2D eigenvalue weighted by atomic mass is 32.2. The van der Waals surface area contributed by atoms with Crippen molar-refractivity contribution in [2.75, 3.05) is 11.9 Å². The van der Waals surface area contributed by atoms with Crippen LogP contribution in [-0.2, 0) is 21.2 Å². The summed E-state index contributed by atoms with van der Waals surface area (Å²) in [5.41, 5.74) is 0.653. The van der Waals surface area contributed by atoms with Gasteiger partial charge in [-0.1, -0.05) is 37.3 Å². The minimum Gasteiger partial charge on any atom is -0.340 e. The van der Waals surface area contributed by atoms with Crippen molar-refractivity contribution in [3.63, 3.8) is 0 Å². The molecule has 0 radical (unpaired) electrons. The number of hydrogen-bond donors (Lipinski definition) is 3. The van der Waals surface area contributed by atoms with Crippen LogP contribution in [0.15, 0.2) is 77.7 Å². The fourth-order valence-corrected chi connectivity index (χ4v) is 4.21. The molecule has 178 valence electrons. The summed E-state index contributed by atoms with van der Waals surface area (Å²) >= 11 is 0. The summed E-state index contributed by atoms with van der Waals surface area (Å²) in [6.45, 7) is 1.73. The molecule has 34 heavy (non-hydrogen) atoms. The molecular weight excluding hydrogens is 464 g/mol. The molecule has 0 spiro atoms. The van der Waals surface area contributed by atoms with E-state index in [0.29, 0.717) is 0 Å². The summed E-state index contributed by atoms with van der Waals surface area (Å²) in [7, 11) is -3.87. The second kappa shape index (κ2) is 11.0. The first-order valence-electron chi connectivity index (χ1n) is 10.4. The number of amides is 2. The van der Waals surface area contributed by atoms with Crippen LogP contribution in [0.2, 0.25) is 0 Å². The van der Waals surface area contributed by atoms with Gasteiger partial charge in [0.15, 0.2) is 0 Å². The number of benzene rings is 3. The molecule has 0 aromatic heterocycles. The van der Waals surface area contributed by atoms with E-state index in [0.717, 1.165) is 29.8 Å². The molecule has 2 amide bonds. The van der Waals surface area contributed by atoms with Crippen molar-refractivity contribution < 1.29 is 26.8 Å². The standard InChI is InChI=1S/C24H23F2N3O4S/c1-2-27-34(32,33)19-12-13-21(20(26)15-19)28-24(31)22(14-16-6-4-3-5-7-16)29-23(30)17-8-10-18(25)11-9-17/h3-13,15,22,27H,2,14H2,1H3,(H,28,31)(H,29,30)/t22-/m0/s1. The van der Waals surface area contributed by atoms with Gasteiger partial charge in [0.25, 0.3) is 5.91 Å². The van der Waals surface area contributed by atoms with Crippen LogP contribution in [0.1, 0.15) is 22.8 Å². The van der Waals surface area contributed by atoms with E-state index in [-0.39, 0.29) is 29.1 Å². The largest absolute Gasteiger partial charge is 0.340 e. The third-order valence-electron chi connectivity index (χ3n) is 4.85. The van der Waals surface area contributed by atoms with Gasteiger partial charge in [-0.3, -0.25) is 9.59 Å². The predicted molar refractivity (Wildman–Crippen MR) is 124 cm³/mol. The normalized spacial score (nSPS) is 12.1. The third kappa shape index (κ3) is 6.46. The highest BCUT2D eigenvalue weighted by Crippen LogP contribution is 2.20. The maximum atomic E-state index is 14.6. The van der Waals surface area contributed by atoms with Crippen molar-refractivity contribution in [1.82, 2.24) is 10.0 Å². The van der Waals surface area contributed by atoms with Crippen LogP contribution in [0.3, 0.4) is 0 Å². The number of rotatable bonds is 9. The Hall–Kier alpha value is -3.63. The van der Waals surface area contributed by atoms with E-state index in [1.54, 1.807) is 37.3 Å². The Morgan fingerprint density at radius 2 is 1.62 bits per heavy atom. The van der Waals surface area contributed by atoms with E-state index in [4.69, 9.17) is 0 Å². The molecule has 3 aromatic rings. The minimum atomic E-state index is -3.87. The topological polar surface area (TPSA) is 104 Å². The molecule has 10 heteroatoms. The molecule has 0 unspecified atom stereocenters. The molecule has 0 aliphatic carbocycles. The Morgan fingerprint density at radius 3 is 2.24 bits per heavy atom. The molecule has 0 bridgehead atoms. The quantitative estimate of drug-likeness (QED) is 0.431. The van der Waals surface area contributed by atoms with Gasteiger partial charge >= 0.3 is 0 Å². The van der Waals surface area contributed by atoms with E-state index in [2.05, 4.69) is 15.4 Å². The van der Waals surface area contributed by atoms with Crippen LogP contribution in [0.5, 0.6) is 0 Å². The molecule has 3 aromatic carbocycles. The highest BCUT2D eigenvalue weighted by molar-refractivity contribution is 7.89. The van der Waals surface area contributed by atoms with Gasteiger partial charge < -0.3 is 10.6 Å². The Kier molecular flexibility index (Phi) is 8.08. The molecule has 7 nitrogen and oxygen atoms in total. The molecule has 0 aliphatic heterocycles. The zero-order valence-corrected chi connectivity index (χ0v) is 19.0. The second-order valence-corrected chi connectivity index (χ2v) is 9.12. The smallest absolute Gasteiger partial charge is 0.251 e. The fraction of sp³-hybridized carbons (Fsp3) is 0.167. The van der Waals surface area contributed by atoms with Gasteiger partial charge in [-0.15, -0.1) is 0 Å². The van der Waals surface area contributed by atoms with Gasteiger partial charge in [-0.05, 0) is 48.0 Å². The van der Waals surface area contributed by atoms with Crippen LogP contribution in [0, 0.1) is 11.6 Å². The fourth-order valence-electron chi connectivity index (χ4n) is 3.16. The molecule has 3 N–H and O–H groups in total. The van der Waals surface area contributed by atoms with Crippen LogP contribution in [0.25, 0.3) is 0 Å². The number of nitrogens with one attached hydrogen (secondary N) is 3. The third-order valence-corrected chi connectivity index (χ3v) is 6.40. The van der Waals surface area contributed by atoms with Crippen molar-refractivity contribution in [3.8, 4) is 0 Å². The van der Waals surface area contributed by atoms with E-state index in [9.17, 15) is 26.8 Å². The number of carbonyl (C=O) groups excluding carboxylic acids is 2. The zero-order valence-electron chi connectivity index (χ0n) is 18.2. The van der Waals surface area contributed by atoms with Crippen LogP contribution in [0.4, 0.5) is 14.5 Å². The zero-order chi connectivity index (χ0) is 24.7. The van der Waals surface area contributed by atoms with E-state index in [1.165, 1.54) is 18.2 Å². The van der Waals surface area contributed by atoms with Gasteiger partial charge in [0.1, 0.15) is 17.7 Å².